The summed E-state index contributed by atoms with van der Waals surface area (Å²) in [4.78, 5) is 23.8. The molecule has 0 radical (unpaired) electrons. The first-order chi connectivity index (χ1) is 14.3. The molecule has 0 aromatic heterocycles. The minimum atomic E-state index is -1.05. The Morgan fingerprint density at radius 1 is 1.17 bits per heavy atom. The van der Waals surface area contributed by atoms with E-state index in [4.69, 9.17) is 15.2 Å². The van der Waals surface area contributed by atoms with Crippen molar-refractivity contribution in [1.29, 1.82) is 0 Å². The van der Waals surface area contributed by atoms with Gasteiger partial charge in [-0.05, 0) is 26.0 Å². The second kappa shape index (κ2) is 11.0. The van der Waals surface area contributed by atoms with Crippen LogP contribution in [-0.2, 0) is 19.1 Å². The Morgan fingerprint density at radius 2 is 1.90 bits per heavy atom. The van der Waals surface area contributed by atoms with Gasteiger partial charge in [0.15, 0.2) is 23.2 Å². The molecule has 0 saturated carbocycles. The lowest BCUT2D eigenvalue weighted by atomic mass is 10.1. The smallest absolute Gasteiger partial charge is 0.323 e. The standard InChI is InChI=1S/C18H22F2N6O4/c1-3-29-15(27)9-22-14(18(28)30-4-2)8-13-16(17(21)26-24-13)25-23-10-5-6-11(19)12(20)7-10/h5-7,14,22-23H,3-4,8-9H2,1-2H3,(H2,21,25,26). The van der Waals surface area contributed by atoms with Crippen molar-refractivity contribution in [2.75, 3.05) is 25.2 Å². The minimum Gasteiger partial charge on any atom is -0.465 e. The fraction of sp³-hybridized carbons (Fsp3) is 0.389. The summed E-state index contributed by atoms with van der Waals surface area (Å²) in [5.41, 5.74) is 8.84. The maximum atomic E-state index is 13.3. The van der Waals surface area contributed by atoms with Crippen LogP contribution in [0.25, 0.3) is 0 Å². The van der Waals surface area contributed by atoms with Crippen molar-refractivity contribution >= 4 is 34.9 Å². The summed E-state index contributed by atoms with van der Waals surface area (Å²) in [5.74, 6) is -3.23. The Balaban J connectivity index is 2.11. The van der Waals surface area contributed by atoms with Crippen LogP contribution in [0, 0.1) is 11.6 Å². The molecule has 1 aromatic rings. The summed E-state index contributed by atoms with van der Waals surface area (Å²) in [6, 6.07) is 2.20. The summed E-state index contributed by atoms with van der Waals surface area (Å²) < 4.78 is 36.2. The highest BCUT2D eigenvalue weighted by Gasteiger charge is 2.28. The van der Waals surface area contributed by atoms with Crippen LogP contribution in [0.3, 0.4) is 0 Å². The third-order valence-electron chi connectivity index (χ3n) is 3.78. The molecule has 1 atom stereocenters. The number of carbonyl (C=O) groups excluding carboxylic acids is 2. The van der Waals surface area contributed by atoms with E-state index < -0.39 is 29.6 Å². The Kier molecular flexibility index (Phi) is 8.35. The van der Waals surface area contributed by atoms with Crippen LogP contribution in [0.5, 0.6) is 0 Å². The molecular weight excluding hydrogens is 402 g/mol. The summed E-state index contributed by atoms with van der Waals surface area (Å²) >= 11 is 0. The maximum Gasteiger partial charge on any atom is 0.323 e. The first kappa shape index (κ1) is 22.9. The number of ether oxygens (including phenoxy) is 2. The molecule has 2 rings (SSSR count). The summed E-state index contributed by atoms with van der Waals surface area (Å²) in [6.07, 6.45) is -0.0409. The van der Waals surface area contributed by atoms with E-state index in [-0.39, 0.29) is 49.1 Å². The van der Waals surface area contributed by atoms with Crippen molar-refractivity contribution in [2.24, 2.45) is 21.0 Å². The van der Waals surface area contributed by atoms with E-state index in [2.05, 4.69) is 26.0 Å². The highest BCUT2D eigenvalue weighted by atomic mass is 19.2. The van der Waals surface area contributed by atoms with Gasteiger partial charge in [0.05, 0.1) is 31.2 Å². The molecule has 4 N–H and O–H groups in total. The third kappa shape index (κ3) is 6.30. The average molecular weight is 424 g/mol. The van der Waals surface area contributed by atoms with Gasteiger partial charge in [-0.25, -0.2) is 8.78 Å². The number of nitrogens with one attached hydrogen (secondary N) is 2. The molecule has 0 aliphatic carbocycles. The first-order valence-electron chi connectivity index (χ1n) is 9.10. The molecule has 0 amide bonds. The minimum absolute atomic E-state index is 0.0342. The number of nitrogens with two attached hydrogens (primary N) is 1. The number of halogens is 2. The van der Waals surface area contributed by atoms with Crippen molar-refractivity contribution in [3.63, 3.8) is 0 Å². The second-order valence-corrected chi connectivity index (χ2v) is 5.93. The Morgan fingerprint density at radius 3 is 2.57 bits per heavy atom. The molecule has 162 valence electrons. The van der Waals surface area contributed by atoms with Gasteiger partial charge in [-0.1, -0.05) is 0 Å². The Hall–Kier alpha value is -3.41. The van der Waals surface area contributed by atoms with Crippen molar-refractivity contribution in [3.8, 4) is 0 Å². The maximum absolute atomic E-state index is 13.3. The molecule has 1 unspecified atom stereocenters. The number of esters is 2. The van der Waals surface area contributed by atoms with Gasteiger partial charge in [0.2, 0.25) is 0 Å². The number of benzene rings is 1. The van der Waals surface area contributed by atoms with Crippen LogP contribution < -0.4 is 16.5 Å². The highest BCUT2D eigenvalue weighted by molar-refractivity contribution is 6.69. The van der Waals surface area contributed by atoms with E-state index in [1.807, 2.05) is 0 Å². The number of nitrogens with zero attached hydrogens (tertiary/aromatic N) is 3. The van der Waals surface area contributed by atoms with Crippen molar-refractivity contribution in [3.05, 3.63) is 29.8 Å². The number of anilines is 1. The van der Waals surface area contributed by atoms with Crippen LogP contribution in [0.15, 0.2) is 33.5 Å². The number of amidine groups is 1. The van der Waals surface area contributed by atoms with Gasteiger partial charge in [0.25, 0.3) is 0 Å². The van der Waals surface area contributed by atoms with E-state index in [0.717, 1.165) is 12.1 Å². The zero-order chi connectivity index (χ0) is 22.1. The predicted octanol–water partition coefficient (Wildman–Crippen LogP) is 0.934. The molecule has 0 bridgehead atoms. The largest absolute Gasteiger partial charge is 0.465 e. The van der Waals surface area contributed by atoms with Crippen LogP contribution in [0.2, 0.25) is 0 Å². The molecule has 0 spiro atoms. The molecule has 12 heteroatoms. The quantitative estimate of drug-likeness (QED) is 0.375. The normalized spacial score (nSPS) is 15.4. The lowest BCUT2D eigenvalue weighted by molar-refractivity contribution is -0.146. The molecule has 30 heavy (non-hydrogen) atoms. The molecule has 1 aromatic carbocycles. The SMILES string of the molecule is CCOC(=O)CNC(CC1=NN=C(N)/C1=N\Nc1ccc(F)c(F)c1)C(=O)OCC. The van der Waals surface area contributed by atoms with Crippen LogP contribution >= 0.6 is 0 Å². The second-order valence-electron chi connectivity index (χ2n) is 5.93. The zero-order valence-electron chi connectivity index (χ0n) is 16.4. The number of hydrogen-bond acceptors (Lipinski definition) is 10. The van der Waals surface area contributed by atoms with E-state index >= 15 is 0 Å². The zero-order valence-corrected chi connectivity index (χ0v) is 16.4. The monoisotopic (exact) mass is 424 g/mol. The van der Waals surface area contributed by atoms with Gasteiger partial charge >= 0.3 is 11.9 Å². The van der Waals surface area contributed by atoms with Gasteiger partial charge in [0, 0.05) is 12.5 Å². The fourth-order valence-corrected chi connectivity index (χ4v) is 2.40. The summed E-state index contributed by atoms with van der Waals surface area (Å²) in [5, 5.41) is 14.4. The lowest BCUT2D eigenvalue weighted by Crippen LogP contribution is -2.44. The fourth-order valence-electron chi connectivity index (χ4n) is 2.40. The van der Waals surface area contributed by atoms with Crippen molar-refractivity contribution in [1.82, 2.24) is 5.32 Å². The average Bonchev–Trinajstić information content (AvgIpc) is 3.05. The molecule has 1 heterocycles. The van der Waals surface area contributed by atoms with Crippen molar-refractivity contribution in [2.45, 2.75) is 26.3 Å². The van der Waals surface area contributed by atoms with Crippen LogP contribution in [0.1, 0.15) is 20.3 Å². The summed E-state index contributed by atoms with van der Waals surface area (Å²) in [6.45, 7) is 3.43. The molecule has 1 aliphatic heterocycles. The van der Waals surface area contributed by atoms with Gasteiger partial charge in [-0.15, -0.1) is 5.10 Å². The van der Waals surface area contributed by atoms with Gasteiger partial charge in [0.1, 0.15) is 6.04 Å². The molecular formula is C18H22F2N6O4. The van der Waals surface area contributed by atoms with Crippen LogP contribution in [0.4, 0.5) is 14.5 Å². The summed E-state index contributed by atoms with van der Waals surface area (Å²) in [7, 11) is 0. The topological polar surface area (TPSA) is 140 Å². The molecule has 0 saturated heterocycles. The van der Waals surface area contributed by atoms with E-state index in [1.165, 1.54) is 6.07 Å². The molecule has 1 aliphatic rings. The van der Waals surface area contributed by atoms with E-state index in [0.29, 0.717) is 0 Å². The van der Waals surface area contributed by atoms with Gasteiger partial charge in [-0.2, -0.15) is 10.2 Å². The van der Waals surface area contributed by atoms with Gasteiger partial charge in [-0.3, -0.25) is 20.3 Å². The lowest BCUT2D eigenvalue weighted by Gasteiger charge is -2.17. The van der Waals surface area contributed by atoms with Crippen LogP contribution in [-0.4, -0.2) is 55.0 Å². The first-order valence-corrected chi connectivity index (χ1v) is 9.10. The van der Waals surface area contributed by atoms with E-state index in [9.17, 15) is 18.4 Å². The van der Waals surface area contributed by atoms with Crippen molar-refractivity contribution < 1.29 is 27.8 Å². The molecule has 10 nitrogen and oxygen atoms in total. The van der Waals surface area contributed by atoms with E-state index in [1.54, 1.807) is 13.8 Å². The Bertz CT molecular complexity index is 887. The van der Waals surface area contributed by atoms with Gasteiger partial charge < -0.3 is 15.2 Å². The number of hydrogen-bond donors (Lipinski definition) is 3. The predicted molar refractivity (Wildman–Crippen MR) is 106 cm³/mol. The highest BCUT2D eigenvalue weighted by Crippen LogP contribution is 2.14. The molecule has 0 fully saturated rings. The Labute approximate surface area is 171 Å². The third-order valence-corrected chi connectivity index (χ3v) is 3.78. The number of carbonyl (C=O) groups is 2. The number of hydrazone groups is 1. The number of rotatable bonds is 10.